The van der Waals surface area contributed by atoms with Crippen LogP contribution in [-0.2, 0) is 14.3 Å². The van der Waals surface area contributed by atoms with Crippen LogP contribution in [0.4, 0.5) is 5.69 Å². The van der Waals surface area contributed by atoms with Crippen LogP contribution in [0, 0.1) is 0 Å². The number of ketones is 1. The third-order valence-electron chi connectivity index (χ3n) is 3.73. The van der Waals surface area contributed by atoms with E-state index in [4.69, 9.17) is 19.9 Å². The molecule has 0 atom stereocenters. The standard InChI is InChI=1S/C20H20N2O7/c1-12(23)14-5-8-16(17(9-14)27-2)28-11-19(25)29-10-18(24)22-15-6-3-13(4-7-15)20(21)26/h3-9H,10-11H2,1-2H3,(H2,21,26)(H,22,24). The Morgan fingerprint density at radius 3 is 2.17 bits per heavy atom. The number of hydrogen-bond donors (Lipinski definition) is 2. The molecule has 0 heterocycles. The Labute approximate surface area is 166 Å². The SMILES string of the molecule is COc1cc(C(C)=O)ccc1OCC(=O)OCC(=O)Nc1ccc(C(N)=O)cc1. The first-order valence-corrected chi connectivity index (χ1v) is 8.47. The molecule has 0 spiro atoms. The lowest BCUT2D eigenvalue weighted by Gasteiger charge is -2.11. The highest BCUT2D eigenvalue weighted by molar-refractivity contribution is 5.96. The van der Waals surface area contributed by atoms with Gasteiger partial charge in [-0.15, -0.1) is 0 Å². The minimum absolute atomic E-state index is 0.135. The fourth-order valence-electron chi connectivity index (χ4n) is 2.25. The van der Waals surface area contributed by atoms with Crippen molar-refractivity contribution in [2.75, 3.05) is 25.6 Å². The average molecular weight is 400 g/mol. The zero-order valence-electron chi connectivity index (χ0n) is 15.9. The molecule has 0 aliphatic carbocycles. The molecule has 0 bridgehead atoms. The van der Waals surface area contributed by atoms with E-state index in [0.717, 1.165) is 0 Å². The van der Waals surface area contributed by atoms with Gasteiger partial charge in [0.25, 0.3) is 5.91 Å². The lowest BCUT2D eigenvalue weighted by molar-refractivity contribution is -0.149. The van der Waals surface area contributed by atoms with Gasteiger partial charge in [-0.05, 0) is 49.4 Å². The molecule has 2 aromatic carbocycles. The number of carbonyl (C=O) groups excluding carboxylic acids is 4. The van der Waals surface area contributed by atoms with Crippen LogP contribution in [-0.4, -0.2) is 43.9 Å². The molecule has 2 aromatic rings. The van der Waals surface area contributed by atoms with E-state index in [0.29, 0.717) is 22.6 Å². The second-order valence-electron chi connectivity index (χ2n) is 5.86. The zero-order chi connectivity index (χ0) is 21.4. The van der Waals surface area contributed by atoms with Crippen molar-refractivity contribution in [1.29, 1.82) is 0 Å². The Bertz CT molecular complexity index is 923. The Kier molecular flexibility index (Phi) is 7.30. The predicted molar refractivity (Wildman–Crippen MR) is 103 cm³/mol. The molecule has 2 amide bonds. The lowest BCUT2D eigenvalue weighted by atomic mass is 10.1. The summed E-state index contributed by atoms with van der Waals surface area (Å²) in [6, 6.07) is 10.5. The molecule has 9 nitrogen and oxygen atoms in total. The van der Waals surface area contributed by atoms with E-state index in [1.54, 1.807) is 6.07 Å². The second kappa shape index (κ2) is 9.88. The van der Waals surface area contributed by atoms with Crippen molar-refractivity contribution in [1.82, 2.24) is 0 Å². The molecular formula is C20H20N2O7. The highest BCUT2D eigenvalue weighted by atomic mass is 16.6. The number of amides is 2. The first kappa shape index (κ1) is 21.4. The molecule has 3 N–H and O–H groups in total. The van der Waals surface area contributed by atoms with Gasteiger partial charge in [-0.25, -0.2) is 4.79 Å². The van der Waals surface area contributed by atoms with Crippen molar-refractivity contribution >= 4 is 29.3 Å². The number of anilines is 1. The second-order valence-corrected chi connectivity index (χ2v) is 5.86. The number of rotatable bonds is 9. The molecule has 29 heavy (non-hydrogen) atoms. The van der Waals surface area contributed by atoms with Gasteiger partial charge >= 0.3 is 5.97 Å². The highest BCUT2D eigenvalue weighted by Crippen LogP contribution is 2.28. The normalized spacial score (nSPS) is 10.0. The number of carbonyl (C=O) groups is 4. The van der Waals surface area contributed by atoms with Crippen molar-refractivity contribution in [2.45, 2.75) is 6.92 Å². The molecule has 152 valence electrons. The first-order chi connectivity index (χ1) is 13.8. The van der Waals surface area contributed by atoms with Crippen molar-refractivity contribution in [3.63, 3.8) is 0 Å². The van der Waals surface area contributed by atoms with Crippen LogP contribution in [0.1, 0.15) is 27.6 Å². The summed E-state index contributed by atoms with van der Waals surface area (Å²) in [6.45, 7) is 0.459. The van der Waals surface area contributed by atoms with E-state index in [-0.39, 0.29) is 11.5 Å². The smallest absolute Gasteiger partial charge is 0.344 e. The number of nitrogens with one attached hydrogen (secondary N) is 1. The van der Waals surface area contributed by atoms with Crippen LogP contribution >= 0.6 is 0 Å². The van der Waals surface area contributed by atoms with E-state index in [1.165, 1.54) is 50.4 Å². The molecule has 0 fully saturated rings. The highest BCUT2D eigenvalue weighted by Gasteiger charge is 2.13. The van der Waals surface area contributed by atoms with Crippen LogP contribution in [0.5, 0.6) is 11.5 Å². The van der Waals surface area contributed by atoms with Gasteiger partial charge in [-0.1, -0.05) is 0 Å². The summed E-state index contributed by atoms with van der Waals surface area (Å²) in [5.41, 5.74) is 6.30. The van der Waals surface area contributed by atoms with Crippen LogP contribution in [0.25, 0.3) is 0 Å². The number of nitrogens with two attached hydrogens (primary N) is 1. The van der Waals surface area contributed by atoms with Gasteiger partial charge in [0.2, 0.25) is 5.91 Å². The predicted octanol–water partition coefficient (Wildman–Crippen LogP) is 1.56. The van der Waals surface area contributed by atoms with E-state index < -0.39 is 31.0 Å². The summed E-state index contributed by atoms with van der Waals surface area (Å²) in [7, 11) is 1.41. The largest absolute Gasteiger partial charge is 0.493 e. The van der Waals surface area contributed by atoms with Gasteiger partial charge in [-0.2, -0.15) is 0 Å². The van der Waals surface area contributed by atoms with Crippen molar-refractivity contribution in [3.05, 3.63) is 53.6 Å². The maximum absolute atomic E-state index is 11.8. The molecule has 0 unspecified atom stereocenters. The van der Waals surface area contributed by atoms with E-state index in [9.17, 15) is 19.2 Å². The van der Waals surface area contributed by atoms with Gasteiger partial charge in [0.15, 0.2) is 30.5 Å². The zero-order valence-corrected chi connectivity index (χ0v) is 15.9. The van der Waals surface area contributed by atoms with E-state index in [2.05, 4.69) is 5.32 Å². The third-order valence-corrected chi connectivity index (χ3v) is 3.73. The molecule has 0 aromatic heterocycles. The molecule has 0 saturated carbocycles. The summed E-state index contributed by atoms with van der Waals surface area (Å²) in [5, 5.41) is 2.51. The molecule has 0 saturated heterocycles. The summed E-state index contributed by atoms with van der Waals surface area (Å²) >= 11 is 0. The maximum atomic E-state index is 11.8. The Morgan fingerprint density at radius 1 is 0.931 bits per heavy atom. The topological polar surface area (TPSA) is 134 Å². The fourth-order valence-corrected chi connectivity index (χ4v) is 2.25. The molecule has 9 heteroatoms. The average Bonchev–Trinajstić information content (AvgIpc) is 2.70. The first-order valence-electron chi connectivity index (χ1n) is 8.47. The van der Waals surface area contributed by atoms with Gasteiger partial charge in [0.05, 0.1) is 7.11 Å². The van der Waals surface area contributed by atoms with Gasteiger partial charge in [0.1, 0.15) is 0 Å². The van der Waals surface area contributed by atoms with Gasteiger partial charge in [-0.3, -0.25) is 14.4 Å². The molecular weight excluding hydrogens is 380 g/mol. The van der Waals surface area contributed by atoms with Crippen LogP contribution < -0.4 is 20.5 Å². The van der Waals surface area contributed by atoms with E-state index in [1.807, 2.05) is 0 Å². The van der Waals surface area contributed by atoms with Gasteiger partial charge < -0.3 is 25.3 Å². The number of ether oxygens (including phenoxy) is 3. The van der Waals surface area contributed by atoms with Crippen molar-refractivity contribution in [2.24, 2.45) is 5.73 Å². The lowest BCUT2D eigenvalue weighted by Crippen LogP contribution is -2.23. The number of benzene rings is 2. The summed E-state index contributed by atoms with van der Waals surface area (Å²) in [6.07, 6.45) is 0. The number of esters is 1. The molecule has 0 aliphatic heterocycles. The molecule has 2 rings (SSSR count). The fraction of sp³-hybridized carbons (Fsp3) is 0.200. The van der Waals surface area contributed by atoms with Crippen molar-refractivity contribution in [3.8, 4) is 11.5 Å². The Hall–Kier alpha value is -3.88. The number of hydrogen-bond acceptors (Lipinski definition) is 7. The summed E-state index contributed by atoms with van der Waals surface area (Å²) in [5.74, 6) is -1.49. The third kappa shape index (κ3) is 6.35. The van der Waals surface area contributed by atoms with Crippen LogP contribution in [0.15, 0.2) is 42.5 Å². The summed E-state index contributed by atoms with van der Waals surface area (Å²) < 4.78 is 15.3. The molecule has 0 aliphatic rings. The quantitative estimate of drug-likeness (QED) is 0.482. The maximum Gasteiger partial charge on any atom is 0.344 e. The number of methoxy groups -OCH3 is 1. The van der Waals surface area contributed by atoms with Crippen molar-refractivity contribution < 1.29 is 33.4 Å². The Morgan fingerprint density at radius 2 is 1.59 bits per heavy atom. The van der Waals surface area contributed by atoms with Gasteiger partial charge in [0, 0.05) is 16.8 Å². The molecule has 0 radical (unpaired) electrons. The van der Waals surface area contributed by atoms with Crippen LogP contribution in [0.3, 0.4) is 0 Å². The Balaban J connectivity index is 1.81. The number of primary amides is 1. The number of Topliss-reactive ketones (excluding diaryl/α,β-unsaturated/α-hetero) is 1. The summed E-state index contributed by atoms with van der Waals surface area (Å²) in [4.78, 5) is 46.0. The minimum Gasteiger partial charge on any atom is -0.493 e. The van der Waals surface area contributed by atoms with E-state index >= 15 is 0 Å². The monoisotopic (exact) mass is 400 g/mol. The van der Waals surface area contributed by atoms with Crippen LogP contribution in [0.2, 0.25) is 0 Å². The minimum atomic E-state index is -0.762.